The van der Waals surface area contributed by atoms with E-state index in [-0.39, 0.29) is 17.0 Å². The number of nitrogens with zero attached hydrogens (tertiary/aromatic N) is 4. The van der Waals surface area contributed by atoms with Gasteiger partial charge in [-0.3, -0.25) is 4.98 Å². The summed E-state index contributed by atoms with van der Waals surface area (Å²) in [5.41, 5.74) is 0. The van der Waals surface area contributed by atoms with Crippen LogP contribution in [-0.4, -0.2) is 74.3 Å². The van der Waals surface area contributed by atoms with E-state index in [0.717, 1.165) is 5.82 Å². The first-order valence-corrected chi connectivity index (χ1v) is 10.6. The van der Waals surface area contributed by atoms with Gasteiger partial charge in [0, 0.05) is 38.1 Å². The second kappa shape index (κ2) is 6.87. The molecular weight excluding hydrogens is 384 g/mol. The van der Waals surface area contributed by atoms with Crippen molar-refractivity contribution >= 4 is 15.8 Å². The molecule has 9 nitrogen and oxygen atoms in total. The van der Waals surface area contributed by atoms with E-state index in [0.29, 0.717) is 51.0 Å². The molecule has 10 heteroatoms. The van der Waals surface area contributed by atoms with Crippen molar-refractivity contribution < 1.29 is 22.6 Å². The monoisotopic (exact) mass is 404 g/mol. The van der Waals surface area contributed by atoms with Gasteiger partial charge in [-0.15, -0.1) is 0 Å². The average Bonchev–Trinajstić information content (AvgIpc) is 3.19. The lowest BCUT2D eigenvalue weighted by Gasteiger charge is -2.37. The molecule has 3 aliphatic heterocycles. The summed E-state index contributed by atoms with van der Waals surface area (Å²) < 4.78 is 44.8. The first-order chi connectivity index (χ1) is 13.6. The van der Waals surface area contributed by atoms with Crippen molar-refractivity contribution in [3.63, 3.8) is 0 Å². The number of sulfonamides is 1. The van der Waals surface area contributed by atoms with E-state index < -0.39 is 10.0 Å². The SMILES string of the molecule is O=S(=O)(c1ccc2c(c1)OCCO2)N1C[C@@H]2OCCN(c3cnccn3)[C@H]2C1. The fraction of sp³-hybridized carbons (Fsp3) is 0.444. The van der Waals surface area contributed by atoms with Crippen LogP contribution in [0.25, 0.3) is 0 Å². The maximum atomic E-state index is 13.2. The zero-order chi connectivity index (χ0) is 19.1. The number of anilines is 1. The van der Waals surface area contributed by atoms with E-state index in [4.69, 9.17) is 14.2 Å². The summed E-state index contributed by atoms with van der Waals surface area (Å²) in [6.07, 6.45) is 4.75. The molecule has 0 saturated carbocycles. The fourth-order valence-electron chi connectivity index (χ4n) is 3.91. The molecule has 1 aromatic carbocycles. The molecule has 5 rings (SSSR count). The molecule has 0 spiro atoms. The van der Waals surface area contributed by atoms with E-state index in [1.807, 2.05) is 0 Å². The molecule has 0 N–H and O–H groups in total. The van der Waals surface area contributed by atoms with Crippen molar-refractivity contribution in [2.24, 2.45) is 0 Å². The predicted octanol–water partition coefficient (Wildman–Crippen LogP) is 0.526. The number of fused-ring (bicyclic) bond motifs is 2. The normalized spacial score (nSPS) is 24.8. The zero-order valence-electron chi connectivity index (χ0n) is 15.1. The Morgan fingerprint density at radius 3 is 2.71 bits per heavy atom. The first-order valence-electron chi connectivity index (χ1n) is 9.17. The minimum absolute atomic E-state index is 0.0996. The number of rotatable bonds is 3. The second-order valence-electron chi connectivity index (χ2n) is 6.86. The molecule has 0 unspecified atom stereocenters. The Morgan fingerprint density at radius 1 is 1.04 bits per heavy atom. The molecule has 2 aromatic rings. The number of ether oxygens (including phenoxy) is 3. The van der Waals surface area contributed by atoms with Crippen LogP contribution in [0.5, 0.6) is 11.5 Å². The van der Waals surface area contributed by atoms with Gasteiger partial charge in [0.05, 0.1) is 29.8 Å². The Bertz CT molecular complexity index is 971. The van der Waals surface area contributed by atoms with E-state index in [9.17, 15) is 8.42 Å². The van der Waals surface area contributed by atoms with Crippen molar-refractivity contribution in [2.45, 2.75) is 17.0 Å². The lowest BCUT2D eigenvalue weighted by molar-refractivity contribution is 0.0328. The standard InChI is InChI=1S/C18H20N4O5S/c23-28(24,13-1-2-15-16(9-13)27-8-7-26-15)21-11-14-17(12-21)25-6-5-22(14)18-10-19-3-4-20-18/h1-4,9-10,14,17H,5-8,11-12H2/t14-,17-/m0/s1. The largest absolute Gasteiger partial charge is 0.486 e. The summed E-state index contributed by atoms with van der Waals surface area (Å²) in [4.78, 5) is 10.8. The van der Waals surface area contributed by atoms with Gasteiger partial charge in [-0.1, -0.05) is 0 Å². The molecule has 3 aliphatic rings. The third kappa shape index (κ3) is 2.97. The van der Waals surface area contributed by atoms with Crippen molar-refractivity contribution in [2.75, 3.05) is 44.4 Å². The molecule has 148 valence electrons. The lowest BCUT2D eigenvalue weighted by atomic mass is 10.1. The van der Waals surface area contributed by atoms with Gasteiger partial charge in [0.2, 0.25) is 10.0 Å². The number of morpholine rings is 1. The maximum absolute atomic E-state index is 13.2. The number of aromatic nitrogens is 2. The van der Waals surface area contributed by atoms with Gasteiger partial charge < -0.3 is 19.1 Å². The van der Waals surface area contributed by atoms with Gasteiger partial charge in [0.25, 0.3) is 0 Å². The molecule has 0 aliphatic carbocycles. The molecule has 1 aromatic heterocycles. The molecule has 4 heterocycles. The number of benzene rings is 1. The van der Waals surface area contributed by atoms with E-state index in [1.54, 1.807) is 30.7 Å². The fourth-order valence-corrected chi connectivity index (χ4v) is 5.39. The van der Waals surface area contributed by atoms with Gasteiger partial charge in [-0.2, -0.15) is 4.31 Å². The van der Waals surface area contributed by atoms with Crippen LogP contribution in [-0.2, 0) is 14.8 Å². The number of hydrogen-bond donors (Lipinski definition) is 0. The zero-order valence-corrected chi connectivity index (χ0v) is 15.9. The van der Waals surface area contributed by atoms with Crippen molar-refractivity contribution in [3.05, 3.63) is 36.8 Å². The van der Waals surface area contributed by atoms with E-state index in [2.05, 4.69) is 14.9 Å². The van der Waals surface area contributed by atoms with E-state index >= 15 is 0 Å². The Labute approximate surface area is 162 Å². The highest BCUT2D eigenvalue weighted by Crippen LogP contribution is 2.35. The summed E-state index contributed by atoms with van der Waals surface area (Å²) in [6, 6.07) is 4.64. The average molecular weight is 404 g/mol. The Morgan fingerprint density at radius 2 is 1.89 bits per heavy atom. The summed E-state index contributed by atoms with van der Waals surface area (Å²) in [5, 5.41) is 0. The third-order valence-corrected chi connectivity index (χ3v) is 7.09. The lowest BCUT2D eigenvalue weighted by Crippen LogP contribution is -2.51. The highest BCUT2D eigenvalue weighted by atomic mass is 32.2. The third-order valence-electron chi connectivity index (χ3n) is 5.26. The highest BCUT2D eigenvalue weighted by Gasteiger charge is 2.45. The molecule has 2 saturated heterocycles. The smallest absolute Gasteiger partial charge is 0.243 e. The first kappa shape index (κ1) is 17.7. The molecular formula is C18H20N4O5S. The number of hydrogen-bond acceptors (Lipinski definition) is 8. The minimum Gasteiger partial charge on any atom is -0.486 e. The van der Waals surface area contributed by atoms with Crippen LogP contribution in [0, 0.1) is 0 Å². The Balaban J connectivity index is 1.41. The topological polar surface area (TPSA) is 94.1 Å². The highest BCUT2D eigenvalue weighted by molar-refractivity contribution is 7.89. The Kier molecular flexibility index (Phi) is 4.33. The molecule has 2 atom stereocenters. The van der Waals surface area contributed by atoms with Gasteiger partial charge >= 0.3 is 0 Å². The van der Waals surface area contributed by atoms with E-state index in [1.165, 1.54) is 10.4 Å². The van der Waals surface area contributed by atoms with Crippen molar-refractivity contribution in [1.82, 2.24) is 14.3 Å². The van der Waals surface area contributed by atoms with Crippen molar-refractivity contribution in [1.29, 1.82) is 0 Å². The van der Waals surface area contributed by atoms with Crippen LogP contribution < -0.4 is 14.4 Å². The quantitative estimate of drug-likeness (QED) is 0.731. The van der Waals surface area contributed by atoms with Gasteiger partial charge in [-0.05, 0) is 12.1 Å². The summed E-state index contributed by atoms with van der Waals surface area (Å²) in [6.45, 7) is 2.68. The van der Waals surface area contributed by atoms with Crippen LogP contribution in [0.4, 0.5) is 5.82 Å². The van der Waals surface area contributed by atoms with Crippen molar-refractivity contribution in [3.8, 4) is 11.5 Å². The van der Waals surface area contributed by atoms with Crippen LogP contribution in [0.15, 0.2) is 41.7 Å². The second-order valence-corrected chi connectivity index (χ2v) is 8.80. The Hall–Kier alpha value is -2.43. The maximum Gasteiger partial charge on any atom is 0.243 e. The van der Waals surface area contributed by atoms with Crippen LogP contribution in [0.1, 0.15) is 0 Å². The van der Waals surface area contributed by atoms with Gasteiger partial charge in [0.15, 0.2) is 11.5 Å². The predicted molar refractivity (Wildman–Crippen MR) is 99.1 cm³/mol. The molecule has 2 fully saturated rings. The molecule has 28 heavy (non-hydrogen) atoms. The summed E-state index contributed by atoms with van der Waals surface area (Å²) in [5.74, 6) is 1.76. The molecule has 0 bridgehead atoms. The summed E-state index contributed by atoms with van der Waals surface area (Å²) >= 11 is 0. The minimum atomic E-state index is -3.68. The molecule has 0 amide bonds. The van der Waals surface area contributed by atoms with Crippen LogP contribution in [0.3, 0.4) is 0 Å². The molecule has 0 radical (unpaired) electrons. The van der Waals surface area contributed by atoms with Crippen LogP contribution >= 0.6 is 0 Å². The van der Waals surface area contributed by atoms with Gasteiger partial charge in [-0.25, -0.2) is 13.4 Å². The van der Waals surface area contributed by atoms with Gasteiger partial charge in [0.1, 0.15) is 19.0 Å². The summed E-state index contributed by atoms with van der Waals surface area (Å²) in [7, 11) is -3.68. The van der Waals surface area contributed by atoms with Crippen LogP contribution in [0.2, 0.25) is 0 Å².